The molecule has 0 aromatic rings. The summed E-state index contributed by atoms with van der Waals surface area (Å²) < 4.78 is 5.26. The van der Waals surface area contributed by atoms with Crippen LogP contribution in [0.4, 0.5) is 0 Å². The monoisotopic (exact) mass is 493 g/mol. The number of aliphatic carboxylic acids is 2. The van der Waals surface area contributed by atoms with Crippen molar-refractivity contribution in [2.45, 2.75) is 62.8 Å². The van der Waals surface area contributed by atoms with Crippen LogP contribution in [0.15, 0.2) is 0 Å². The summed E-state index contributed by atoms with van der Waals surface area (Å²) in [6.07, 6.45) is 4.82. The van der Waals surface area contributed by atoms with Gasteiger partial charge in [0.05, 0.1) is 24.0 Å². The minimum absolute atomic E-state index is 0. The SMILES string of the molecule is O=C(O)C1C2CCC(O2)C1C(=O)O.[NH-][C@H]1CCCC[C@@H]1[NH-].[Pt+2]. The maximum Gasteiger partial charge on any atom is 2.00 e. The van der Waals surface area contributed by atoms with E-state index in [4.69, 9.17) is 26.4 Å². The van der Waals surface area contributed by atoms with Gasteiger partial charge in [-0.25, -0.2) is 0 Å². The summed E-state index contributed by atoms with van der Waals surface area (Å²) in [5, 5.41) is 17.6. The number of nitrogens with one attached hydrogen (secondary N) is 2. The molecule has 8 heteroatoms. The molecule has 0 radical (unpaired) electrons. The fourth-order valence-electron chi connectivity index (χ4n) is 3.44. The van der Waals surface area contributed by atoms with Gasteiger partial charge in [-0.2, -0.15) is 12.1 Å². The van der Waals surface area contributed by atoms with E-state index in [1.165, 1.54) is 12.8 Å². The van der Waals surface area contributed by atoms with Gasteiger partial charge in [0, 0.05) is 0 Å². The van der Waals surface area contributed by atoms with Crippen LogP contribution in [0.3, 0.4) is 0 Å². The minimum atomic E-state index is -1.06. The number of ether oxygens (including phenoxy) is 1. The molecule has 128 valence electrons. The molecule has 2 bridgehead atoms. The van der Waals surface area contributed by atoms with E-state index in [9.17, 15) is 9.59 Å². The third-order valence-electron chi connectivity index (χ3n) is 4.61. The predicted molar refractivity (Wildman–Crippen MR) is 74.8 cm³/mol. The molecule has 2 saturated heterocycles. The molecule has 2 heterocycles. The first-order chi connectivity index (χ1) is 9.91. The molecular weight excluding hydrogens is 471 g/mol. The van der Waals surface area contributed by atoms with Gasteiger partial charge in [-0.15, -0.1) is 0 Å². The second kappa shape index (κ2) is 8.39. The Balaban J connectivity index is 0.000000234. The predicted octanol–water partition coefficient (Wildman–Crippen LogP) is 2.35. The molecule has 6 atom stereocenters. The Kier molecular flexibility index (Phi) is 7.45. The van der Waals surface area contributed by atoms with Crippen molar-refractivity contribution in [1.29, 1.82) is 0 Å². The number of carbonyl (C=O) groups is 2. The Morgan fingerprint density at radius 1 is 0.818 bits per heavy atom. The molecule has 3 aliphatic rings. The molecule has 4 N–H and O–H groups in total. The van der Waals surface area contributed by atoms with Crippen LogP contribution >= 0.6 is 0 Å². The second-order valence-electron chi connectivity index (χ2n) is 6.02. The molecule has 1 saturated carbocycles. The number of hydrogen-bond acceptors (Lipinski definition) is 3. The Bertz CT molecular complexity index is 373. The van der Waals surface area contributed by atoms with Crippen molar-refractivity contribution in [2.24, 2.45) is 11.8 Å². The van der Waals surface area contributed by atoms with Crippen LogP contribution in [-0.4, -0.2) is 46.4 Å². The Labute approximate surface area is 144 Å². The zero-order valence-electron chi connectivity index (χ0n) is 12.1. The van der Waals surface area contributed by atoms with E-state index in [0.29, 0.717) is 12.8 Å². The van der Waals surface area contributed by atoms with Gasteiger partial charge in [0.15, 0.2) is 0 Å². The van der Waals surface area contributed by atoms with Gasteiger partial charge in [0.2, 0.25) is 0 Å². The van der Waals surface area contributed by atoms with Gasteiger partial charge in [-0.3, -0.25) is 9.59 Å². The zero-order valence-corrected chi connectivity index (χ0v) is 14.4. The number of carboxylic acid groups (broad SMARTS) is 2. The van der Waals surface area contributed by atoms with Crippen molar-refractivity contribution in [2.75, 3.05) is 0 Å². The van der Waals surface area contributed by atoms with Crippen LogP contribution < -0.4 is 0 Å². The molecule has 3 rings (SSSR count). The van der Waals surface area contributed by atoms with Gasteiger partial charge in [0.25, 0.3) is 0 Å². The largest absolute Gasteiger partial charge is 2.00 e. The van der Waals surface area contributed by atoms with Crippen molar-refractivity contribution >= 4 is 11.9 Å². The first-order valence-corrected chi connectivity index (χ1v) is 7.45. The van der Waals surface area contributed by atoms with Crippen LogP contribution in [0.5, 0.6) is 0 Å². The summed E-state index contributed by atoms with van der Waals surface area (Å²) in [4.78, 5) is 21.5. The molecule has 2 aliphatic heterocycles. The van der Waals surface area contributed by atoms with E-state index in [0.717, 1.165) is 12.8 Å². The Hall–Kier alpha value is -0.492. The van der Waals surface area contributed by atoms with E-state index in [1.807, 2.05) is 0 Å². The normalized spacial score (nSPS) is 39.4. The van der Waals surface area contributed by atoms with Crippen LogP contribution in [0.25, 0.3) is 11.5 Å². The van der Waals surface area contributed by atoms with E-state index in [2.05, 4.69) is 0 Å². The third kappa shape index (κ3) is 4.28. The quantitative estimate of drug-likeness (QED) is 0.610. The molecule has 0 amide bonds. The third-order valence-corrected chi connectivity index (χ3v) is 4.61. The second-order valence-corrected chi connectivity index (χ2v) is 6.02. The number of hydrogen-bond donors (Lipinski definition) is 2. The maximum absolute atomic E-state index is 10.8. The molecular formula is C14H22N2O5Pt. The van der Waals surface area contributed by atoms with Gasteiger partial charge < -0.3 is 26.4 Å². The molecule has 0 aromatic heterocycles. The smallest absolute Gasteiger partial charge is 0.676 e. The van der Waals surface area contributed by atoms with Crippen LogP contribution in [0, 0.1) is 11.8 Å². The van der Waals surface area contributed by atoms with Crippen molar-refractivity contribution in [3.8, 4) is 0 Å². The summed E-state index contributed by atoms with van der Waals surface area (Å²) in [7, 11) is 0. The minimum Gasteiger partial charge on any atom is -0.676 e. The van der Waals surface area contributed by atoms with E-state index in [-0.39, 0.29) is 45.4 Å². The molecule has 22 heavy (non-hydrogen) atoms. The first-order valence-electron chi connectivity index (χ1n) is 7.45. The first kappa shape index (κ1) is 19.6. The molecule has 0 spiro atoms. The topological polar surface area (TPSA) is 131 Å². The summed E-state index contributed by atoms with van der Waals surface area (Å²) in [6, 6.07) is -0.160. The maximum atomic E-state index is 10.8. The average molecular weight is 493 g/mol. The van der Waals surface area contributed by atoms with Gasteiger partial charge >= 0.3 is 33.0 Å². The molecule has 0 aromatic carbocycles. The van der Waals surface area contributed by atoms with Crippen molar-refractivity contribution in [3.05, 3.63) is 11.5 Å². The summed E-state index contributed by atoms with van der Waals surface area (Å²) in [5.74, 6) is -3.81. The van der Waals surface area contributed by atoms with Crippen LogP contribution in [0.2, 0.25) is 0 Å². The summed E-state index contributed by atoms with van der Waals surface area (Å²) >= 11 is 0. The zero-order chi connectivity index (χ0) is 15.6. The fraction of sp³-hybridized carbons (Fsp3) is 0.857. The number of rotatable bonds is 2. The summed E-state index contributed by atoms with van der Waals surface area (Å²) in [6.45, 7) is 0. The van der Waals surface area contributed by atoms with E-state index >= 15 is 0 Å². The molecule has 4 unspecified atom stereocenters. The van der Waals surface area contributed by atoms with E-state index < -0.39 is 23.8 Å². The fourth-order valence-corrected chi connectivity index (χ4v) is 3.44. The number of carboxylic acids is 2. The summed E-state index contributed by atoms with van der Waals surface area (Å²) in [5.41, 5.74) is 14.6. The Morgan fingerprint density at radius 3 is 1.45 bits per heavy atom. The van der Waals surface area contributed by atoms with E-state index in [1.54, 1.807) is 0 Å². The molecule has 3 fully saturated rings. The van der Waals surface area contributed by atoms with Crippen LogP contribution in [-0.2, 0) is 35.4 Å². The van der Waals surface area contributed by atoms with Gasteiger partial charge in [-0.1, -0.05) is 25.7 Å². The average Bonchev–Trinajstić information content (AvgIpc) is 3.03. The number of fused-ring (bicyclic) bond motifs is 2. The van der Waals surface area contributed by atoms with Gasteiger partial charge in [-0.05, 0) is 12.8 Å². The van der Waals surface area contributed by atoms with Gasteiger partial charge in [0.1, 0.15) is 0 Å². The Morgan fingerprint density at radius 2 is 1.18 bits per heavy atom. The molecule has 1 aliphatic carbocycles. The standard InChI is InChI=1S/C8H10O5.C6H12N2.Pt/c9-7(10)5-3-1-2-4(13-3)6(5)8(11)12;7-5-3-1-2-4-6(5)8;/h3-6H,1-2H2,(H,9,10)(H,11,12);5-8H,1-4H2;/q;-2;+2/t;5-,6-;/m.0./s1. The van der Waals surface area contributed by atoms with Crippen molar-refractivity contribution in [1.82, 2.24) is 0 Å². The molecule has 7 nitrogen and oxygen atoms in total. The van der Waals surface area contributed by atoms with Crippen molar-refractivity contribution < 1.29 is 45.6 Å². The van der Waals surface area contributed by atoms with Crippen molar-refractivity contribution in [3.63, 3.8) is 0 Å². The van der Waals surface area contributed by atoms with Crippen LogP contribution in [0.1, 0.15) is 38.5 Å².